The molecule has 0 aliphatic heterocycles. The van der Waals surface area contributed by atoms with Gasteiger partial charge in [0.25, 0.3) is 5.91 Å². The van der Waals surface area contributed by atoms with Crippen LogP contribution in [0, 0.1) is 5.92 Å². The van der Waals surface area contributed by atoms with Crippen LogP contribution in [0.15, 0.2) is 18.2 Å². The lowest BCUT2D eigenvalue weighted by Crippen LogP contribution is -2.59. The summed E-state index contributed by atoms with van der Waals surface area (Å²) < 4.78 is 0. The van der Waals surface area contributed by atoms with Crippen LogP contribution in [0.2, 0.25) is 10.0 Å². The average Bonchev–Trinajstić information content (AvgIpc) is 2.49. The van der Waals surface area contributed by atoms with E-state index >= 15 is 0 Å². The summed E-state index contributed by atoms with van der Waals surface area (Å²) in [5, 5.41) is 5.95. The maximum absolute atomic E-state index is 12.3. The lowest BCUT2D eigenvalue weighted by atomic mass is 9.88. The normalized spacial score (nSPS) is 15.0. The third kappa shape index (κ3) is 4.83. The maximum atomic E-state index is 12.3. The molecule has 5 nitrogen and oxygen atoms in total. The lowest BCUT2D eigenvalue weighted by Gasteiger charge is -2.34. The van der Waals surface area contributed by atoms with Crippen molar-refractivity contribution in [2.24, 2.45) is 11.7 Å². The van der Waals surface area contributed by atoms with Crippen LogP contribution in [0.3, 0.4) is 0 Å². The number of carbonyl (C=O) groups is 2. The van der Waals surface area contributed by atoms with E-state index in [4.69, 9.17) is 28.9 Å². The van der Waals surface area contributed by atoms with Crippen molar-refractivity contribution in [2.75, 3.05) is 6.54 Å². The summed E-state index contributed by atoms with van der Waals surface area (Å²) >= 11 is 11.9. The Morgan fingerprint density at radius 1 is 1.26 bits per heavy atom. The van der Waals surface area contributed by atoms with Gasteiger partial charge in [-0.3, -0.25) is 9.59 Å². The van der Waals surface area contributed by atoms with Gasteiger partial charge in [0.15, 0.2) is 0 Å². The SMILES string of the molecule is CC(NC(=O)c1cccc(Cl)c1Cl)C(=O)NC(C)(CN)C(C)C. The molecule has 0 aliphatic rings. The number of hydrogen-bond donors (Lipinski definition) is 3. The van der Waals surface area contributed by atoms with Gasteiger partial charge in [0.1, 0.15) is 6.04 Å². The van der Waals surface area contributed by atoms with Crippen molar-refractivity contribution in [1.82, 2.24) is 10.6 Å². The van der Waals surface area contributed by atoms with Crippen molar-refractivity contribution in [3.8, 4) is 0 Å². The standard InChI is InChI=1S/C16H23Cl2N3O2/c1-9(2)16(4,8-19)21-14(22)10(3)20-15(23)11-6-5-7-12(17)13(11)18/h5-7,9-10H,8,19H2,1-4H3,(H,20,23)(H,21,22). The van der Waals surface area contributed by atoms with E-state index in [1.807, 2.05) is 20.8 Å². The third-order valence-electron chi connectivity index (χ3n) is 4.04. The summed E-state index contributed by atoms with van der Waals surface area (Å²) in [6.07, 6.45) is 0. The minimum Gasteiger partial charge on any atom is -0.348 e. The van der Waals surface area contributed by atoms with Crippen LogP contribution >= 0.6 is 23.2 Å². The molecule has 0 bridgehead atoms. The van der Waals surface area contributed by atoms with Crippen LogP contribution in [0.25, 0.3) is 0 Å². The number of halogens is 2. The van der Waals surface area contributed by atoms with Gasteiger partial charge in [-0.2, -0.15) is 0 Å². The quantitative estimate of drug-likeness (QED) is 0.729. The minimum absolute atomic E-state index is 0.154. The van der Waals surface area contributed by atoms with E-state index in [1.165, 1.54) is 0 Å². The number of amides is 2. The van der Waals surface area contributed by atoms with Gasteiger partial charge in [-0.1, -0.05) is 43.1 Å². The van der Waals surface area contributed by atoms with E-state index in [1.54, 1.807) is 25.1 Å². The van der Waals surface area contributed by atoms with Crippen molar-refractivity contribution in [1.29, 1.82) is 0 Å². The second-order valence-electron chi connectivity index (χ2n) is 6.06. The molecule has 2 unspecified atom stereocenters. The summed E-state index contributed by atoms with van der Waals surface area (Å²) in [5.74, 6) is -0.612. The summed E-state index contributed by atoms with van der Waals surface area (Å²) in [6.45, 7) is 7.72. The molecular formula is C16H23Cl2N3O2. The molecule has 1 rings (SSSR count). The zero-order valence-electron chi connectivity index (χ0n) is 13.7. The smallest absolute Gasteiger partial charge is 0.253 e. The number of benzene rings is 1. The molecule has 0 radical (unpaired) electrons. The first-order chi connectivity index (χ1) is 10.6. The van der Waals surface area contributed by atoms with Gasteiger partial charge >= 0.3 is 0 Å². The van der Waals surface area contributed by atoms with Crippen molar-refractivity contribution in [3.63, 3.8) is 0 Å². The monoisotopic (exact) mass is 359 g/mol. The molecule has 1 aromatic carbocycles. The van der Waals surface area contributed by atoms with E-state index in [0.29, 0.717) is 6.54 Å². The van der Waals surface area contributed by atoms with Gasteiger partial charge in [0, 0.05) is 6.54 Å². The molecule has 4 N–H and O–H groups in total. The van der Waals surface area contributed by atoms with Crippen molar-refractivity contribution in [2.45, 2.75) is 39.3 Å². The Bertz CT molecular complexity index is 593. The van der Waals surface area contributed by atoms with Gasteiger partial charge in [0.05, 0.1) is 21.1 Å². The lowest BCUT2D eigenvalue weighted by molar-refractivity contribution is -0.124. The Hall–Kier alpha value is -1.30. The molecule has 2 amide bonds. The maximum Gasteiger partial charge on any atom is 0.253 e. The van der Waals surface area contributed by atoms with Crippen LogP contribution in [0.5, 0.6) is 0 Å². The first-order valence-electron chi connectivity index (χ1n) is 7.39. The fourth-order valence-corrected chi connectivity index (χ4v) is 2.23. The second-order valence-corrected chi connectivity index (χ2v) is 6.85. The number of rotatable bonds is 6. The summed E-state index contributed by atoms with van der Waals surface area (Å²) in [5.41, 5.74) is 5.44. The van der Waals surface area contributed by atoms with E-state index in [-0.39, 0.29) is 27.4 Å². The highest BCUT2D eigenvalue weighted by Crippen LogP contribution is 2.25. The Balaban J connectivity index is 2.79. The molecule has 128 valence electrons. The van der Waals surface area contributed by atoms with Crippen LogP contribution in [0.4, 0.5) is 0 Å². The Morgan fingerprint density at radius 3 is 2.39 bits per heavy atom. The number of carbonyl (C=O) groups excluding carboxylic acids is 2. The molecule has 0 aliphatic carbocycles. The molecule has 0 heterocycles. The van der Waals surface area contributed by atoms with E-state index in [9.17, 15) is 9.59 Å². The zero-order valence-corrected chi connectivity index (χ0v) is 15.3. The fraction of sp³-hybridized carbons (Fsp3) is 0.500. The largest absolute Gasteiger partial charge is 0.348 e. The van der Waals surface area contributed by atoms with Crippen molar-refractivity contribution >= 4 is 35.0 Å². The minimum atomic E-state index is -0.734. The molecule has 0 saturated carbocycles. The summed E-state index contributed by atoms with van der Waals surface area (Å²) in [4.78, 5) is 24.5. The molecule has 0 spiro atoms. The van der Waals surface area contributed by atoms with Crippen molar-refractivity contribution in [3.05, 3.63) is 33.8 Å². The number of nitrogens with two attached hydrogens (primary N) is 1. The molecule has 0 fully saturated rings. The van der Waals surface area contributed by atoms with E-state index < -0.39 is 17.5 Å². The highest BCUT2D eigenvalue weighted by molar-refractivity contribution is 6.43. The highest BCUT2D eigenvalue weighted by Gasteiger charge is 2.30. The van der Waals surface area contributed by atoms with Crippen LogP contribution < -0.4 is 16.4 Å². The molecule has 2 atom stereocenters. The van der Waals surface area contributed by atoms with Gasteiger partial charge in [-0.05, 0) is 31.9 Å². The van der Waals surface area contributed by atoms with Gasteiger partial charge in [0.2, 0.25) is 5.91 Å². The molecular weight excluding hydrogens is 337 g/mol. The number of nitrogens with one attached hydrogen (secondary N) is 2. The fourth-order valence-electron chi connectivity index (χ4n) is 1.84. The first-order valence-corrected chi connectivity index (χ1v) is 8.15. The Labute approximate surface area is 146 Å². The predicted octanol–water partition coefficient (Wildman–Crippen LogP) is 2.60. The molecule has 23 heavy (non-hydrogen) atoms. The van der Waals surface area contributed by atoms with Crippen molar-refractivity contribution < 1.29 is 9.59 Å². The van der Waals surface area contributed by atoms with Gasteiger partial charge < -0.3 is 16.4 Å². The average molecular weight is 360 g/mol. The summed E-state index contributed by atoms with van der Waals surface area (Å²) in [6, 6.07) is 4.03. The van der Waals surface area contributed by atoms with Crippen LogP contribution in [0.1, 0.15) is 38.1 Å². The molecule has 0 saturated heterocycles. The predicted molar refractivity (Wildman–Crippen MR) is 93.8 cm³/mol. The molecule has 1 aromatic rings. The Morgan fingerprint density at radius 2 is 1.87 bits per heavy atom. The summed E-state index contributed by atoms with van der Waals surface area (Å²) in [7, 11) is 0. The first kappa shape index (κ1) is 19.7. The topological polar surface area (TPSA) is 84.2 Å². The zero-order chi connectivity index (χ0) is 17.8. The Kier molecular flexibility index (Phi) is 6.86. The van der Waals surface area contributed by atoms with Crippen LogP contribution in [-0.4, -0.2) is 29.9 Å². The molecule has 0 aromatic heterocycles. The second kappa shape index (κ2) is 7.99. The highest BCUT2D eigenvalue weighted by atomic mass is 35.5. The van der Waals surface area contributed by atoms with Gasteiger partial charge in [-0.15, -0.1) is 0 Å². The third-order valence-corrected chi connectivity index (χ3v) is 4.86. The number of hydrogen-bond acceptors (Lipinski definition) is 3. The van der Waals surface area contributed by atoms with Gasteiger partial charge in [-0.25, -0.2) is 0 Å². The van der Waals surface area contributed by atoms with E-state index in [2.05, 4.69) is 10.6 Å². The van der Waals surface area contributed by atoms with Crippen LogP contribution in [-0.2, 0) is 4.79 Å². The van der Waals surface area contributed by atoms with E-state index in [0.717, 1.165) is 0 Å². The molecule has 7 heteroatoms.